The van der Waals surface area contributed by atoms with Crippen LogP contribution >= 0.6 is 0 Å². The van der Waals surface area contributed by atoms with Crippen molar-refractivity contribution in [2.75, 3.05) is 27.3 Å². The maximum atomic E-state index is 6.07. The number of piperidine rings is 1. The van der Waals surface area contributed by atoms with E-state index in [1.165, 1.54) is 37.8 Å². The van der Waals surface area contributed by atoms with Gasteiger partial charge in [-0.1, -0.05) is 0 Å². The Kier molecular flexibility index (Phi) is 4.36. The average molecular weight is 290 g/mol. The molecule has 1 aliphatic carbocycles. The molecule has 116 valence electrons. The number of nitrogens with zero attached hydrogens (tertiary/aromatic N) is 1. The Labute approximate surface area is 127 Å². The molecule has 2 N–H and O–H groups in total. The summed E-state index contributed by atoms with van der Waals surface area (Å²) in [4.78, 5) is 2.66. The second-order valence-electron chi connectivity index (χ2n) is 6.20. The first-order valence-electron chi connectivity index (χ1n) is 7.95. The Morgan fingerprint density at radius 2 is 1.76 bits per heavy atom. The van der Waals surface area contributed by atoms with Crippen LogP contribution in [0.1, 0.15) is 37.3 Å². The summed E-state index contributed by atoms with van der Waals surface area (Å²) in [7, 11) is 3.41. The van der Waals surface area contributed by atoms with Gasteiger partial charge in [0.05, 0.1) is 14.2 Å². The maximum absolute atomic E-state index is 6.07. The van der Waals surface area contributed by atoms with Crippen LogP contribution in [0, 0.1) is 5.92 Å². The predicted molar refractivity (Wildman–Crippen MR) is 83.8 cm³/mol. The molecule has 2 fully saturated rings. The van der Waals surface area contributed by atoms with Gasteiger partial charge in [0.25, 0.3) is 0 Å². The minimum absolute atomic E-state index is 0.403. The van der Waals surface area contributed by atoms with Crippen molar-refractivity contribution >= 4 is 0 Å². The van der Waals surface area contributed by atoms with E-state index in [0.29, 0.717) is 12.0 Å². The monoisotopic (exact) mass is 290 g/mol. The molecule has 0 aromatic heterocycles. The van der Waals surface area contributed by atoms with Crippen LogP contribution in [-0.2, 0) is 0 Å². The van der Waals surface area contributed by atoms with Crippen LogP contribution in [0.2, 0.25) is 0 Å². The lowest BCUT2D eigenvalue weighted by molar-refractivity contribution is 0.0876. The number of rotatable bonds is 5. The van der Waals surface area contributed by atoms with E-state index in [1.807, 2.05) is 6.07 Å². The van der Waals surface area contributed by atoms with Gasteiger partial charge in [-0.05, 0) is 62.4 Å². The molecule has 4 nitrogen and oxygen atoms in total. The topological polar surface area (TPSA) is 47.7 Å². The summed E-state index contributed by atoms with van der Waals surface area (Å²) < 4.78 is 10.9. The van der Waals surface area contributed by atoms with Crippen molar-refractivity contribution in [1.29, 1.82) is 0 Å². The van der Waals surface area contributed by atoms with Crippen LogP contribution in [0.3, 0.4) is 0 Å². The summed E-state index contributed by atoms with van der Waals surface area (Å²) in [6, 6.07) is 7.39. The number of hydrogen-bond acceptors (Lipinski definition) is 4. The molecule has 2 unspecified atom stereocenters. The lowest BCUT2D eigenvalue weighted by Gasteiger charge is -2.42. The second-order valence-corrected chi connectivity index (χ2v) is 6.20. The standard InChI is InChI=1S/C17H26N2O2/c1-20-15-8-13(9-16(10-15)21-2)17-12(11-18)4-3-7-19(17)14-5-6-14/h8-10,12,14,17H,3-7,11,18H2,1-2H3. The highest BCUT2D eigenvalue weighted by molar-refractivity contribution is 5.40. The SMILES string of the molecule is COc1cc(OC)cc(C2C(CN)CCCN2C2CC2)c1. The zero-order valence-electron chi connectivity index (χ0n) is 13.0. The molecule has 1 saturated heterocycles. The molecule has 4 heteroatoms. The Balaban J connectivity index is 1.96. The van der Waals surface area contributed by atoms with E-state index in [9.17, 15) is 0 Å². The van der Waals surface area contributed by atoms with E-state index in [0.717, 1.165) is 24.1 Å². The van der Waals surface area contributed by atoms with Crippen LogP contribution in [0.4, 0.5) is 0 Å². The maximum Gasteiger partial charge on any atom is 0.122 e. The van der Waals surface area contributed by atoms with E-state index in [-0.39, 0.29) is 0 Å². The number of nitrogens with two attached hydrogens (primary N) is 1. The normalized spacial score (nSPS) is 26.6. The highest BCUT2D eigenvalue weighted by Gasteiger charge is 2.40. The van der Waals surface area contributed by atoms with Crippen LogP contribution in [0.15, 0.2) is 18.2 Å². The van der Waals surface area contributed by atoms with Crippen molar-refractivity contribution in [2.24, 2.45) is 11.7 Å². The van der Waals surface area contributed by atoms with Crippen LogP contribution in [0.5, 0.6) is 11.5 Å². The van der Waals surface area contributed by atoms with Gasteiger partial charge in [-0.3, -0.25) is 4.90 Å². The van der Waals surface area contributed by atoms with Gasteiger partial charge in [0.15, 0.2) is 0 Å². The molecule has 0 spiro atoms. The highest BCUT2D eigenvalue weighted by Crippen LogP contribution is 2.44. The molecule has 1 saturated carbocycles. The molecule has 0 radical (unpaired) electrons. The van der Waals surface area contributed by atoms with Crippen molar-refractivity contribution < 1.29 is 9.47 Å². The number of ether oxygens (including phenoxy) is 2. The van der Waals surface area contributed by atoms with Gasteiger partial charge in [-0.2, -0.15) is 0 Å². The Bertz CT molecular complexity index is 465. The predicted octanol–water partition coefficient (Wildman–Crippen LogP) is 2.58. The fourth-order valence-electron chi connectivity index (χ4n) is 3.63. The lowest BCUT2D eigenvalue weighted by Crippen LogP contribution is -2.42. The first-order valence-corrected chi connectivity index (χ1v) is 7.95. The summed E-state index contributed by atoms with van der Waals surface area (Å²) >= 11 is 0. The van der Waals surface area contributed by atoms with Crippen molar-refractivity contribution in [2.45, 2.75) is 37.8 Å². The van der Waals surface area contributed by atoms with Crippen molar-refractivity contribution in [3.8, 4) is 11.5 Å². The molecule has 0 amide bonds. The smallest absolute Gasteiger partial charge is 0.122 e. The minimum atomic E-state index is 0.403. The summed E-state index contributed by atoms with van der Waals surface area (Å²) in [5.41, 5.74) is 7.35. The van der Waals surface area contributed by atoms with Crippen LogP contribution in [-0.4, -0.2) is 38.3 Å². The van der Waals surface area contributed by atoms with Gasteiger partial charge in [0, 0.05) is 18.2 Å². The number of methoxy groups -OCH3 is 2. The van der Waals surface area contributed by atoms with Gasteiger partial charge >= 0.3 is 0 Å². The molecule has 1 aliphatic heterocycles. The van der Waals surface area contributed by atoms with Crippen molar-refractivity contribution in [3.63, 3.8) is 0 Å². The lowest BCUT2D eigenvalue weighted by atomic mass is 9.84. The third-order valence-electron chi connectivity index (χ3n) is 4.83. The molecule has 2 aliphatic rings. The van der Waals surface area contributed by atoms with Crippen molar-refractivity contribution in [3.05, 3.63) is 23.8 Å². The molecule has 1 aromatic carbocycles. The molecule has 21 heavy (non-hydrogen) atoms. The first-order chi connectivity index (χ1) is 10.3. The molecule has 1 aromatic rings. The van der Waals surface area contributed by atoms with Gasteiger partial charge in [-0.25, -0.2) is 0 Å². The van der Waals surface area contributed by atoms with E-state index in [4.69, 9.17) is 15.2 Å². The Morgan fingerprint density at radius 1 is 1.10 bits per heavy atom. The van der Waals surface area contributed by atoms with Crippen LogP contribution < -0.4 is 15.2 Å². The molecule has 0 bridgehead atoms. The first kappa shape index (κ1) is 14.7. The minimum Gasteiger partial charge on any atom is -0.497 e. The van der Waals surface area contributed by atoms with Gasteiger partial charge in [0.2, 0.25) is 0 Å². The van der Waals surface area contributed by atoms with Gasteiger partial charge in [-0.15, -0.1) is 0 Å². The summed E-state index contributed by atoms with van der Waals surface area (Å²) in [6.45, 7) is 1.93. The number of hydrogen-bond donors (Lipinski definition) is 1. The molecule has 1 heterocycles. The zero-order chi connectivity index (χ0) is 14.8. The average Bonchev–Trinajstić information content (AvgIpc) is 3.38. The fraction of sp³-hybridized carbons (Fsp3) is 0.647. The Hall–Kier alpha value is -1.26. The van der Waals surface area contributed by atoms with Gasteiger partial charge in [0.1, 0.15) is 11.5 Å². The summed E-state index contributed by atoms with van der Waals surface area (Å²) in [6.07, 6.45) is 5.13. The third-order valence-corrected chi connectivity index (χ3v) is 4.83. The quantitative estimate of drug-likeness (QED) is 0.905. The molecule has 3 rings (SSSR count). The molecule has 2 atom stereocenters. The Morgan fingerprint density at radius 3 is 2.29 bits per heavy atom. The second kappa shape index (κ2) is 6.24. The van der Waals surface area contributed by atoms with Crippen LogP contribution in [0.25, 0.3) is 0 Å². The van der Waals surface area contributed by atoms with Crippen molar-refractivity contribution in [1.82, 2.24) is 4.90 Å². The van der Waals surface area contributed by atoms with E-state index in [1.54, 1.807) is 14.2 Å². The summed E-state index contributed by atoms with van der Waals surface area (Å²) in [5.74, 6) is 2.25. The highest BCUT2D eigenvalue weighted by atomic mass is 16.5. The number of benzene rings is 1. The van der Waals surface area contributed by atoms with E-state index in [2.05, 4.69) is 17.0 Å². The number of likely N-dealkylation sites (tertiary alicyclic amines) is 1. The fourth-order valence-corrected chi connectivity index (χ4v) is 3.63. The summed E-state index contributed by atoms with van der Waals surface area (Å²) in [5, 5.41) is 0. The van der Waals surface area contributed by atoms with E-state index >= 15 is 0 Å². The molecular weight excluding hydrogens is 264 g/mol. The zero-order valence-corrected chi connectivity index (χ0v) is 13.0. The molecular formula is C17H26N2O2. The van der Waals surface area contributed by atoms with Gasteiger partial charge < -0.3 is 15.2 Å². The largest absolute Gasteiger partial charge is 0.497 e. The third kappa shape index (κ3) is 3.01. The van der Waals surface area contributed by atoms with E-state index < -0.39 is 0 Å².